The second kappa shape index (κ2) is 4.91. The van der Waals surface area contributed by atoms with E-state index < -0.39 is 11.2 Å². The minimum Gasteiger partial charge on any atom is -0.494 e. The largest absolute Gasteiger partial charge is 0.494 e. The van der Waals surface area contributed by atoms with Crippen molar-refractivity contribution >= 4 is 0 Å². The molecule has 2 aromatic rings. The summed E-state index contributed by atoms with van der Waals surface area (Å²) in [7, 11) is 0. The summed E-state index contributed by atoms with van der Waals surface area (Å²) < 4.78 is 1.10. The molecule has 5 nitrogen and oxygen atoms in total. The van der Waals surface area contributed by atoms with Crippen LogP contribution in [0.2, 0.25) is 0 Å². The Morgan fingerprint density at radius 2 is 1.89 bits per heavy atom. The van der Waals surface area contributed by atoms with Crippen molar-refractivity contribution in [2.24, 2.45) is 0 Å². The van der Waals surface area contributed by atoms with E-state index in [-0.39, 0.29) is 11.4 Å². The van der Waals surface area contributed by atoms with Crippen molar-refractivity contribution < 1.29 is 5.11 Å². The lowest BCUT2D eigenvalue weighted by Crippen LogP contribution is -2.31. The van der Waals surface area contributed by atoms with Crippen molar-refractivity contribution in [1.82, 2.24) is 9.55 Å². The van der Waals surface area contributed by atoms with Crippen LogP contribution in [-0.2, 0) is 6.42 Å². The van der Waals surface area contributed by atoms with Crippen LogP contribution in [0, 0.1) is 0 Å². The first-order chi connectivity index (χ1) is 8.65. The van der Waals surface area contributed by atoms with E-state index in [4.69, 9.17) is 0 Å². The normalized spacial score (nSPS) is 10.5. The molecule has 0 atom stereocenters. The standard InChI is InChI=1S/C13H14N2O3/c1-2-6-10-11(16)14-13(18)15(12(10)17)9-7-4-3-5-8-9/h3-5,7-8,17H,2,6H2,1H3,(H,14,16,18). The molecule has 0 unspecified atom stereocenters. The maximum absolute atomic E-state index is 11.8. The first kappa shape index (κ1) is 12.2. The van der Waals surface area contributed by atoms with Crippen molar-refractivity contribution in [3.63, 3.8) is 0 Å². The van der Waals surface area contributed by atoms with E-state index in [0.717, 1.165) is 4.57 Å². The molecule has 0 aliphatic carbocycles. The van der Waals surface area contributed by atoms with Crippen LogP contribution in [-0.4, -0.2) is 14.7 Å². The number of rotatable bonds is 3. The van der Waals surface area contributed by atoms with Gasteiger partial charge in [-0.25, -0.2) is 9.36 Å². The molecule has 1 aromatic carbocycles. The van der Waals surface area contributed by atoms with Crippen LogP contribution in [0.25, 0.3) is 5.69 Å². The molecule has 0 saturated carbocycles. The van der Waals surface area contributed by atoms with E-state index in [1.54, 1.807) is 24.3 Å². The average Bonchev–Trinajstić information content (AvgIpc) is 2.35. The summed E-state index contributed by atoms with van der Waals surface area (Å²) in [4.78, 5) is 25.6. The van der Waals surface area contributed by atoms with Gasteiger partial charge in [0.2, 0.25) is 5.88 Å². The summed E-state index contributed by atoms with van der Waals surface area (Å²) in [6.45, 7) is 1.90. The summed E-state index contributed by atoms with van der Waals surface area (Å²) >= 11 is 0. The second-order valence-corrected chi connectivity index (χ2v) is 3.98. The minimum absolute atomic E-state index is 0.237. The number of aromatic amines is 1. The zero-order valence-electron chi connectivity index (χ0n) is 10.0. The lowest BCUT2D eigenvalue weighted by Gasteiger charge is -2.10. The summed E-state index contributed by atoms with van der Waals surface area (Å²) in [6.07, 6.45) is 1.14. The van der Waals surface area contributed by atoms with Crippen molar-refractivity contribution in [3.05, 3.63) is 56.7 Å². The summed E-state index contributed by atoms with van der Waals surface area (Å²) in [6, 6.07) is 8.70. The van der Waals surface area contributed by atoms with Crippen LogP contribution in [0.15, 0.2) is 39.9 Å². The molecule has 18 heavy (non-hydrogen) atoms. The van der Waals surface area contributed by atoms with Crippen LogP contribution < -0.4 is 11.2 Å². The van der Waals surface area contributed by atoms with E-state index in [1.807, 2.05) is 13.0 Å². The molecular weight excluding hydrogens is 232 g/mol. The fourth-order valence-electron chi connectivity index (χ4n) is 1.85. The molecule has 2 rings (SSSR count). The molecular formula is C13H14N2O3. The highest BCUT2D eigenvalue weighted by Gasteiger charge is 2.14. The Labute approximate surface area is 103 Å². The van der Waals surface area contributed by atoms with Crippen LogP contribution in [0.3, 0.4) is 0 Å². The lowest BCUT2D eigenvalue weighted by molar-refractivity contribution is 0.422. The number of aromatic hydroxyl groups is 1. The van der Waals surface area contributed by atoms with Gasteiger partial charge in [0.25, 0.3) is 5.56 Å². The van der Waals surface area contributed by atoms with E-state index in [1.165, 1.54) is 0 Å². The van der Waals surface area contributed by atoms with Gasteiger partial charge in [0.05, 0.1) is 11.3 Å². The molecule has 0 spiro atoms. The first-order valence-electron chi connectivity index (χ1n) is 5.77. The van der Waals surface area contributed by atoms with Gasteiger partial charge in [0.15, 0.2) is 0 Å². The van der Waals surface area contributed by atoms with Crippen LogP contribution in [0.5, 0.6) is 5.88 Å². The zero-order valence-corrected chi connectivity index (χ0v) is 10.0. The van der Waals surface area contributed by atoms with E-state index >= 15 is 0 Å². The first-order valence-corrected chi connectivity index (χ1v) is 5.77. The number of nitrogens with one attached hydrogen (secondary N) is 1. The number of H-pyrrole nitrogens is 1. The highest BCUT2D eigenvalue weighted by atomic mass is 16.3. The van der Waals surface area contributed by atoms with Crippen molar-refractivity contribution in [3.8, 4) is 11.6 Å². The number of hydrogen-bond donors (Lipinski definition) is 2. The highest BCUT2D eigenvalue weighted by molar-refractivity contribution is 5.37. The van der Waals surface area contributed by atoms with Crippen LogP contribution >= 0.6 is 0 Å². The fourth-order valence-corrected chi connectivity index (χ4v) is 1.85. The van der Waals surface area contributed by atoms with Crippen LogP contribution in [0.1, 0.15) is 18.9 Å². The third-order valence-electron chi connectivity index (χ3n) is 2.69. The monoisotopic (exact) mass is 246 g/mol. The Kier molecular flexibility index (Phi) is 3.32. The van der Waals surface area contributed by atoms with Gasteiger partial charge in [0.1, 0.15) is 0 Å². The Morgan fingerprint density at radius 3 is 2.50 bits per heavy atom. The summed E-state index contributed by atoms with van der Waals surface area (Å²) in [5, 5.41) is 10.1. The van der Waals surface area contributed by atoms with Crippen molar-refractivity contribution in [1.29, 1.82) is 0 Å². The predicted octanol–water partition coefficient (Wildman–Crippen LogP) is 1.18. The molecule has 0 amide bonds. The van der Waals surface area contributed by atoms with Gasteiger partial charge >= 0.3 is 5.69 Å². The van der Waals surface area contributed by atoms with E-state index in [2.05, 4.69) is 4.98 Å². The summed E-state index contributed by atoms with van der Waals surface area (Å²) in [5.41, 5.74) is -0.398. The maximum atomic E-state index is 11.8. The number of nitrogens with zero attached hydrogens (tertiary/aromatic N) is 1. The maximum Gasteiger partial charge on any atom is 0.335 e. The quantitative estimate of drug-likeness (QED) is 0.854. The zero-order chi connectivity index (χ0) is 13.1. The predicted molar refractivity (Wildman–Crippen MR) is 68.3 cm³/mol. The third-order valence-corrected chi connectivity index (χ3v) is 2.69. The van der Waals surface area contributed by atoms with Gasteiger partial charge in [-0.05, 0) is 18.6 Å². The van der Waals surface area contributed by atoms with Crippen molar-refractivity contribution in [2.75, 3.05) is 0 Å². The topological polar surface area (TPSA) is 75.1 Å². The SMILES string of the molecule is CCCc1c(O)n(-c2ccccc2)c(=O)[nH]c1=O. The summed E-state index contributed by atoms with van der Waals surface area (Å²) in [5.74, 6) is -0.281. The molecule has 94 valence electrons. The van der Waals surface area contributed by atoms with Gasteiger partial charge in [-0.3, -0.25) is 9.78 Å². The third kappa shape index (κ3) is 2.07. The Balaban J connectivity index is 2.72. The van der Waals surface area contributed by atoms with Crippen LogP contribution in [0.4, 0.5) is 0 Å². The molecule has 0 radical (unpaired) electrons. The fraction of sp³-hybridized carbons (Fsp3) is 0.231. The van der Waals surface area contributed by atoms with Gasteiger partial charge in [0, 0.05) is 0 Å². The second-order valence-electron chi connectivity index (χ2n) is 3.98. The Morgan fingerprint density at radius 1 is 1.22 bits per heavy atom. The van der Waals surface area contributed by atoms with Crippen molar-refractivity contribution in [2.45, 2.75) is 19.8 Å². The molecule has 0 saturated heterocycles. The average molecular weight is 246 g/mol. The highest BCUT2D eigenvalue weighted by Crippen LogP contribution is 2.16. The molecule has 5 heteroatoms. The Hall–Kier alpha value is -2.30. The minimum atomic E-state index is -0.636. The molecule has 2 N–H and O–H groups in total. The number of benzene rings is 1. The number of aromatic nitrogens is 2. The molecule has 1 aromatic heterocycles. The molecule has 0 fully saturated rings. The van der Waals surface area contributed by atoms with E-state index in [0.29, 0.717) is 18.5 Å². The van der Waals surface area contributed by atoms with Gasteiger partial charge in [-0.15, -0.1) is 0 Å². The Bertz CT molecular complexity index is 656. The molecule has 1 heterocycles. The molecule has 0 bridgehead atoms. The molecule has 0 aliphatic rings. The van der Waals surface area contributed by atoms with Gasteiger partial charge in [-0.2, -0.15) is 0 Å². The van der Waals surface area contributed by atoms with E-state index in [9.17, 15) is 14.7 Å². The number of para-hydroxylation sites is 1. The molecule has 0 aliphatic heterocycles. The number of hydrogen-bond acceptors (Lipinski definition) is 3. The lowest BCUT2D eigenvalue weighted by atomic mass is 10.2. The van der Waals surface area contributed by atoms with Gasteiger partial charge in [-0.1, -0.05) is 31.5 Å². The van der Waals surface area contributed by atoms with Gasteiger partial charge < -0.3 is 5.11 Å². The smallest absolute Gasteiger partial charge is 0.335 e.